The van der Waals surface area contributed by atoms with Crippen LogP contribution in [0.5, 0.6) is 0 Å². The summed E-state index contributed by atoms with van der Waals surface area (Å²) in [7, 11) is 0. The molecule has 2 atom stereocenters. The van der Waals surface area contributed by atoms with Gasteiger partial charge in [0.2, 0.25) is 5.82 Å². The molecule has 2 N–H and O–H groups in total. The molecule has 0 heterocycles. The van der Waals surface area contributed by atoms with Crippen molar-refractivity contribution in [3.63, 3.8) is 0 Å². The molecule has 1 aromatic carbocycles. The Morgan fingerprint density at radius 2 is 2.25 bits per heavy atom. The number of aliphatic hydroxyl groups excluding tert-OH is 1. The number of benzene rings is 1. The third-order valence-electron chi connectivity index (χ3n) is 2.80. The molecule has 2 unspecified atom stereocenters. The van der Waals surface area contributed by atoms with E-state index in [1.807, 2.05) is 0 Å². The first kappa shape index (κ1) is 16.4. The minimum Gasteiger partial charge on any atom is -0.395 e. The number of hydrogen-bond donors (Lipinski definition) is 2. The van der Waals surface area contributed by atoms with Gasteiger partial charge in [-0.2, -0.15) is 16.2 Å². The van der Waals surface area contributed by atoms with E-state index in [4.69, 9.17) is 5.11 Å². The molecule has 1 rings (SSSR count). The van der Waals surface area contributed by atoms with Crippen molar-refractivity contribution in [1.29, 1.82) is 0 Å². The third-order valence-corrected chi connectivity index (χ3v) is 3.97. The fourth-order valence-corrected chi connectivity index (χ4v) is 2.24. The van der Waals surface area contributed by atoms with Crippen molar-refractivity contribution in [2.75, 3.05) is 12.9 Å². The highest BCUT2D eigenvalue weighted by Crippen LogP contribution is 2.19. The molecule has 0 spiro atoms. The summed E-state index contributed by atoms with van der Waals surface area (Å²) in [6, 6.07) is 2.63. The van der Waals surface area contributed by atoms with Crippen molar-refractivity contribution < 1.29 is 19.2 Å². The van der Waals surface area contributed by atoms with Crippen LogP contribution in [0.1, 0.15) is 17.3 Å². The molecule has 1 aromatic rings. The molecular formula is C12H15FN2O4S. The van der Waals surface area contributed by atoms with Crippen molar-refractivity contribution in [3.05, 3.63) is 39.7 Å². The zero-order valence-electron chi connectivity index (χ0n) is 11.0. The van der Waals surface area contributed by atoms with Gasteiger partial charge in [-0.25, -0.2) is 0 Å². The van der Waals surface area contributed by atoms with Gasteiger partial charge in [0, 0.05) is 22.9 Å². The van der Waals surface area contributed by atoms with Gasteiger partial charge in [-0.15, -0.1) is 0 Å². The molecule has 0 aromatic heterocycles. The molecule has 8 heteroatoms. The predicted octanol–water partition coefficient (Wildman–Crippen LogP) is 1.58. The molecule has 0 radical (unpaired) electrons. The smallest absolute Gasteiger partial charge is 0.305 e. The van der Waals surface area contributed by atoms with Crippen LogP contribution in [0.2, 0.25) is 0 Å². The van der Waals surface area contributed by atoms with Gasteiger partial charge in [-0.3, -0.25) is 14.9 Å². The first-order valence-corrected chi connectivity index (χ1v) is 7.08. The quantitative estimate of drug-likeness (QED) is 0.615. The molecule has 1 amide bonds. The lowest BCUT2D eigenvalue weighted by Gasteiger charge is -2.21. The maximum atomic E-state index is 13.2. The number of carbonyl (C=O) groups is 1. The normalized spacial score (nSPS) is 13.6. The number of rotatable bonds is 6. The number of nitrogens with zero attached hydrogens (tertiary/aromatic N) is 1. The molecule has 110 valence electrons. The topological polar surface area (TPSA) is 92.5 Å². The van der Waals surface area contributed by atoms with Gasteiger partial charge in [-0.05, 0) is 25.3 Å². The van der Waals surface area contributed by atoms with E-state index < -0.39 is 22.3 Å². The summed E-state index contributed by atoms with van der Waals surface area (Å²) < 4.78 is 13.2. The standard InChI is InChI=1S/C12H15FN2O4S/c1-7(11(6-16)20-2)14-12(17)8-3-4-9(13)10(5-8)15(18)19/h3-5,7,11,16H,6H2,1-2H3,(H,14,17). The van der Waals surface area contributed by atoms with Crippen LogP contribution in [0.4, 0.5) is 10.1 Å². The van der Waals surface area contributed by atoms with Crippen molar-refractivity contribution >= 4 is 23.4 Å². The minimum absolute atomic E-state index is 0.00254. The van der Waals surface area contributed by atoms with Gasteiger partial charge in [0.25, 0.3) is 5.91 Å². The highest BCUT2D eigenvalue weighted by Gasteiger charge is 2.21. The molecule has 0 bridgehead atoms. The van der Waals surface area contributed by atoms with Gasteiger partial charge >= 0.3 is 5.69 Å². The van der Waals surface area contributed by atoms with E-state index in [1.165, 1.54) is 17.8 Å². The van der Waals surface area contributed by atoms with E-state index in [-0.39, 0.29) is 23.5 Å². The minimum atomic E-state index is -0.989. The molecular weight excluding hydrogens is 287 g/mol. The highest BCUT2D eigenvalue weighted by atomic mass is 32.2. The molecule has 0 aliphatic carbocycles. The first-order chi connectivity index (χ1) is 9.40. The van der Waals surface area contributed by atoms with E-state index >= 15 is 0 Å². The number of nitro groups is 1. The Bertz CT molecular complexity index is 508. The Labute approximate surface area is 119 Å². The number of aliphatic hydroxyl groups is 1. The van der Waals surface area contributed by atoms with Crippen LogP contribution in [-0.4, -0.2) is 40.1 Å². The Morgan fingerprint density at radius 1 is 1.60 bits per heavy atom. The average Bonchev–Trinajstić information content (AvgIpc) is 2.40. The summed E-state index contributed by atoms with van der Waals surface area (Å²) in [6.45, 7) is 1.61. The third kappa shape index (κ3) is 3.91. The number of hydrogen-bond acceptors (Lipinski definition) is 5. The molecule has 0 fully saturated rings. The molecule has 0 aliphatic rings. The van der Waals surface area contributed by atoms with Crippen LogP contribution in [0, 0.1) is 15.9 Å². The molecule has 0 aliphatic heterocycles. The monoisotopic (exact) mass is 302 g/mol. The Kier molecular flexibility index (Phi) is 5.90. The van der Waals surface area contributed by atoms with Crippen LogP contribution in [-0.2, 0) is 0 Å². The summed E-state index contributed by atoms with van der Waals surface area (Å²) in [5, 5.41) is 22.2. The van der Waals surface area contributed by atoms with E-state index in [0.717, 1.165) is 12.1 Å². The van der Waals surface area contributed by atoms with Gasteiger partial charge in [0.1, 0.15) is 0 Å². The zero-order valence-corrected chi connectivity index (χ0v) is 11.8. The van der Waals surface area contributed by atoms with Crippen molar-refractivity contribution in [2.45, 2.75) is 18.2 Å². The second-order valence-corrected chi connectivity index (χ2v) is 5.22. The second-order valence-electron chi connectivity index (χ2n) is 4.14. The Hall–Kier alpha value is -1.67. The maximum absolute atomic E-state index is 13.2. The van der Waals surface area contributed by atoms with Crippen molar-refractivity contribution in [2.24, 2.45) is 0 Å². The predicted molar refractivity (Wildman–Crippen MR) is 74.4 cm³/mol. The number of halogens is 1. The number of amides is 1. The fourth-order valence-electron chi connectivity index (χ4n) is 1.61. The summed E-state index contributed by atoms with van der Waals surface area (Å²) in [6.07, 6.45) is 1.80. The van der Waals surface area contributed by atoms with Crippen LogP contribution in [0.3, 0.4) is 0 Å². The molecule has 6 nitrogen and oxygen atoms in total. The highest BCUT2D eigenvalue weighted by molar-refractivity contribution is 7.99. The van der Waals surface area contributed by atoms with Gasteiger partial charge in [0.15, 0.2) is 0 Å². The Morgan fingerprint density at radius 3 is 2.75 bits per heavy atom. The summed E-state index contributed by atoms with van der Waals surface area (Å²) in [5.74, 6) is -1.54. The van der Waals surface area contributed by atoms with Gasteiger partial charge in [0.05, 0.1) is 11.5 Å². The molecule has 0 saturated heterocycles. The van der Waals surface area contributed by atoms with Gasteiger partial charge < -0.3 is 10.4 Å². The van der Waals surface area contributed by atoms with E-state index in [9.17, 15) is 19.3 Å². The number of nitrogens with one attached hydrogen (secondary N) is 1. The lowest BCUT2D eigenvalue weighted by molar-refractivity contribution is -0.387. The zero-order chi connectivity index (χ0) is 15.3. The van der Waals surface area contributed by atoms with Crippen molar-refractivity contribution in [1.82, 2.24) is 5.32 Å². The summed E-state index contributed by atoms with van der Waals surface area (Å²) in [5.41, 5.74) is -0.739. The summed E-state index contributed by atoms with van der Waals surface area (Å²) in [4.78, 5) is 21.7. The van der Waals surface area contributed by atoms with E-state index in [1.54, 1.807) is 13.2 Å². The van der Waals surface area contributed by atoms with E-state index in [2.05, 4.69) is 5.32 Å². The van der Waals surface area contributed by atoms with Crippen molar-refractivity contribution in [3.8, 4) is 0 Å². The maximum Gasteiger partial charge on any atom is 0.305 e. The van der Waals surface area contributed by atoms with Gasteiger partial charge in [-0.1, -0.05) is 0 Å². The van der Waals surface area contributed by atoms with Crippen LogP contribution in [0.25, 0.3) is 0 Å². The number of carbonyl (C=O) groups excluding carboxylic acids is 1. The average molecular weight is 302 g/mol. The first-order valence-electron chi connectivity index (χ1n) is 5.79. The lowest BCUT2D eigenvalue weighted by atomic mass is 10.1. The molecule has 20 heavy (non-hydrogen) atoms. The lowest BCUT2D eigenvalue weighted by Crippen LogP contribution is -2.41. The SMILES string of the molecule is CSC(CO)C(C)NC(=O)c1ccc(F)c([N+](=O)[O-])c1. The van der Waals surface area contributed by atoms with E-state index in [0.29, 0.717) is 0 Å². The van der Waals surface area contributed by atoms with Crippen LogP contribution >= 0.6 is 11.8 Å². The van der Waals surface area contributed by atoms with Crippen LogP contribution < -0.4 is 5.32 Å². The number of nitro benzene ring substituents is 1. The second kappa shape index (κ2) is 7.20. The Balaban J connectivity index is 2.88. The fraction of sp³-hybridized carbons (Fsp3) is 0.417. The summed E-state index contributed by atoms with van der Waals surface area (Å²) >= 11 is 1.39. The number of thioether (sulfide) groups is 1. The van der Waals surface area contributed by atoms with Crippen LogP contribution in [0.15, 0.2) is 18.2 Å². The largest absolute Gasteiger partial charge is 0.395 e. The molecule has 0 saturated carbocycles.